The van der Waals surface area contributed by atoms with Crippen LogP contribution >= 0.6 is 0 Å². The first-order chi connectivity index (χ1) is 8.33. The molecule has 1 aliphatic rings. The summed E-state index contributed by atoms with van der Waals surface area (Å²) in [6.45, 7) is 8.93. The number of hydrogen-bond acceptors (Lipinski definition) is 2. The standard InChI is InChI=1S/C15H24N2/c1-3-17(4-2)12-13-8-9-15-14(11-13)7-5-6-10-16-15/h8-9,11,16H,3-7,10,12H2,1-2H3. The molecular formula is C15H24N2. The summed E-state index contributed by atoms with van der Waals surface area (Å²) in [5.41, 5.74) is 4.31. The predicted octanol–water partition coefficient (Wildman–Crippen LogP) is 3.28. The Balaban J connectivity index is 2.12. The maximum Gasteiger partial charge on any atom is 0.0372 e. The smallest absolute Gasteiger partial charge is 0.0372 e. The third kappa shape index (κ3) is 3.22. The molecule has 0 aliphatic carbocycles. The van der Waals surface area contributed by atoms with Crippen LogP contribution in [0.15, 0.2) is 18.2 Å². The van der Waals surface area contributed by atoms with Gasteiger partial charge >= 0.3 is 0 Å². The maximum absolute atomic E-state index is 3.52. The number of anilines is 1. The molecular weight excluding hydrogens is 208 g/mol. The molecule has 94 valence electrons. The number of nitrogens with one attached hydrogen (secondary N) is 1. The van der Waals surface area contributed by atoms with Crippen molar-refractivity contribution in [2.75, 3.05) is 25.0 Å². The van der Waals surface area contributed by atoms with Crippen molar-refractivity contribution in [1.82, 2.24) is 4.90 Å². The van der Waals surface area contributed by atoms with Crippen molar-refractivity contribution in [2.24, 2.45) is 0 Å². The van der Waals surface area contributed by atoms with E-state index in [0.29, 0.717) is 0 Å². The second-order valence-corrected chi connectivity index (χ2v) is 4.84. The summed E-state index contributed by atoms with van der Waals surface area (Å²) in [5.74, 6) is 0. The summed E-state index contributed by atoms with van der Waals surface area (Å²) in [7, 11) is 0. The molecule has 17 heavy (non-hydrogen) atoms. The molecule has 1 aromatic carbocycles. The van der Waals surface area contributed by atoms with Gasteiger partial charge in [-0.3, -0.25) is 4.90 Å². The van der Waals surface area contributed by atoms with Gasteiger partial charge in [-0.15, -0.1) is 0 Å². The van der Waals surface area contributed by atoms with E-state index in [2.05, 4.69) is 42.3 Å². The van der Waals surface area contributed by atoms with Gasteiger partial charge in [0.25, 0.3) is 0 Å². The monoisotopic (exact) mass is 232 g/mol. The van der Waals surface area contributed by atoms with Gasteiger partial charge in [-0.2, -0.15) is 0 Å². The third-order valence-corrected chi connectivity index (χ3v) is 3.66. The maximum atomic E-state index is 3.52. The quantitative estimate of drug-likeness (QED) is 0.857. The Kier molecular flexibility index (Phi) is 4.43. The first-order valence-corrected chi connectivity index (χ1v) is 6.91. The zero-order valence-corrected chi connectivity index (χ0v) is 11.1. The van der Waals surface area contributed by atoms with Crippen LogP contribution in [0.3, 0.4) is 0 Å². The van der Waals surface area contributed by atoms with Crippen LogP contribution in [0.25, 0.3) is 0 Å². The first-order valence-electron chi connectivity index (χ1n) is 6.91. The minimum atomic E-state index is 1.08. The van der Waals surface area contributed by atoms with Crippen molar-refractivity contribution in [3.05, 3.63) is 29.3 Å². The van der Waals surface area contributed by atoms with Gasteiger partial charge in [0, 0.05) is 18.8 Å². The molecule has 1 heterocycles. The van der Waals surface area contributed by atoms with E-state index in [4.69, 9.17) is 0 Å². The summed E-state index contributed by atoms with van der Waals surface area (Å²) >= 11 is 0. The van der Waals surface area contributed by atoms with Crippen LogP contribution in [0.5, 0.6) is 0 Å². The normalized spacial score (nSPS) is 15.2. The first kappa shape index (κ1) is 12.4. The Morgan fingerprint density at radius 3 is 2.76 bits per heavy atom. The average Bonchev–Trinajstić information content (AvgIpc) is 2.60. The van der Waals surface area contributed by atoms with E-state index in [1.807, 2.05) is 0 Å². The van der Waals surface area contributed by atoms with E-state index >= 15 is 0 Å². The van der Waals surface area contributed by atoms with Crippen molar-refractivity contribution in [1.29, 1.82) is 0 Å². The Morgan fingerprint density at radius 1 is 1.18 bits per heavy atom. The highest BCUT2D eigenvalue weighted by atomic mass is 15.1. The van der Waals surface area contributed by atoms with Crippen molar-refractivity contribution in [3.8, 4) is 0 Å². The largest absolute Gasteiger partial charge is 0.385 e. The fourth-order valence-electron chi connectivity index (χ4n) is 2.49. The van der Waals surface area contributed by atoms with Gasteiger partial charge in [0.1, 0.15) is 0 Å². The lowest BCUT2D eigenvalue weighted by molar-refractivity contribution is 0.296. The highest BCUT2D eigenvalue weighted by Crippen LogP contribution is 2.23. The number of hydrogen-bond donors (Lipinski definition) is 1. The Labute approximate surface area is 105 Å². The fraction of sp³-hybridized carbons (Fsp3) is 0.600. The molecule has 0 unspecified atom stereocenters. The third-order valence-electron chi connectivity index (χ3n) is 3.66. The zero-order valence-electron chi connectivity index (χ0n) is 11.1. The zero-order chi connectivity index (χ0) is 12.1. The molecule has 0 bridgehead atoms. The molecule has 0 amide bonds. The topological polar surface area (TPSA) is 15.3 Å². The van der Waals surface area contributed by atoms with Crippen LogP contribution in [0.2, 0.25) is 0 Å². The van der Waals surface area contributed by atoms with Crippen molar-refractivity contribution in [2.45, 2.75) is 39.7 Å². The van der Waals surface area contributed by atoms with Crippen LogP contribution < -0.4 is 5.32 Å². The van der Waals surface area contributed by atoms with Crippen LogP contribution in [-0.2, 0) is 13.0 Å². The molecule has 1 aromatic rings. The van der Waals surface area contributed by atoms with Crippen LogP contribution in [0.4, 0.5) is 5.69 Å². The summed E-state index contributed by atoms with van der Waals surface area (Å²) in [5, 5.41) is 3.52. The molecule has 0 saturated carbocycles. The predicted molar refractivity (Wildman–Crippen MR) is 74.5 cm³/mol. The van der Waals surface area contributed by atoms with Crippen molar-refractivity contribution < 1.29 is 0 Å². The Hall–Kier alpha value is -1.02. The number of rotatable bonds is 4. The molecule has 0 saturated heterocycles. The summed E-state index contributed by atoms with van der Waals surface area (Å²) < 4.78 is 0. The molecule has 2 nitrogen and oxygen atoms in total. The molecule has 2 heteroatoms. The van der Waals surface area contributed by atoms with Gasteiger partial charge in [-0.25, -0.2) is 0 Å². The summed E-state index contributed by atoms with van der Waals surface area (Å²) in [4.78, 5) is 2.46. The van der Waals surface area contributed by atoms with E-state index in [9.17, 15) is 0 Å². The van der Waals surface area contributed by atoms with Gasteiger partial charge in [0.15, 0.2) is 0 Å². The lowest BCUT2D eigenvalue weighted by Crippen LogP contribution is -2.22. The Morgan fingerprint density at radius 2 is 2.00 bits per heavy atom. The SMILES string of the molecule is CCN(CC)Cc1ccc2c(c1)CCCCN2. The summed E-state index contributed by atoms with van der Waals surface area (Å²) in [6.07, 6.45) is 3.84. The fourth-order valence-corrected chi connectivity index (χ4v) is 2.49. The van der Waals surface area contributed by atoms with Crippen LogP contribution in [-0.4, -0.2) is 24.5 Å². The number of benzene rings is 1. The highest BCUT2D eigenvalue weighted by Gasteiger charge is 2.08. The molecule has 1 N–H and O–H groups in total. The highest BCUT2D eigenvalue weighted by molar-refractivity contribution is 5.53. The number of nitrogens with zero attached hydrogens (tertiary/aromatic N) is 1. The van der Waals surface area contributed by atoms with Crippen molar-refractivity contribution >= 4 is 5.69 Å². The molecule has 0 aromatic heterocycles. The van der Waals surface area contributed by atoms with Crippen molar-refractivity contribution in [3.63, 3.8) is 0 Å². The number of aryl methyl sites for hydroxylation is 1. The molecule has 0 fully saturated rings. The van der Waals surface area contributed by atoms with Crippen LogP contribution in [0.1, 0.15) is 37.8 Å². The molecule has 0 atom stereocenters. The average molecular weight is 232 g/mol. The van der Waals surface area contributed by atoms with Gasteiger partial charge in [-0.05, 0) is 49.5 Å². The number of fused-ring (bicyclic) bond motifs is 1. The van der Waals surface area contributed by atoms with Crippen LogP contribution in [0, 0.1) is 0 Å². The van der Waals surface area contributed by atoms with E-state index < -0.39 is 0 Å². The minimum Gasteiger partial charge on any atom is -0.385 e. The second kappa shape index (κ2) is 6.06. The van der Waals surface area contributed by atoms with Gasteiger partial charge in [0.05, 0.1) is 0 Å². The molecule has 2 rings (SSSR count). The Bertz CT molecular complexity index is 356. The molecule has 1 aliphatic heterocycles. The van der Waals surface area contributed by atoms with E-state index in [1.165, 1.54) is 36.1 Å². The van der Waals surface area contributed by atoms with Gasteiger partial charge < -0.3 is 5.32 Å². The van der Waals surface area contributed by atoms with Gasteiger partial charge in [0.2, 0.25) is 0 Å². The molecule has 0 radical (unpaired) electrons. The van der Waals surface area contributed by atoms with Gasteiger partial charge in [-0.1, -0.05) is 26.0 Å². The summed E-state index contributed by atoms with van der Waals surface area (Å²) in [6, 6.07) is 6.93. The second-order valence-electron chi connectivity index (χ2n) is 4.84. The molecule has 0 spiro atoms. The lowest BCUT2D eigenvalue weighted by Gasteiger charge is -2.19. The minimum absolute atomic E-state index is 1.08. The van der Waals surface area contributed by atoms with E-state index in [0.717, 1.165) is 26.2 Å². The lowest BCUT2D eigenvalue weighted by atomic mass is 10.0. The van der Waals surface area contributed by atoms with E-state index in [1.54, 1.807) is 0 Å². The van der Waals surface area contributed by atoms with E-state index in [-0.39, 0.29) is 0 Å².